The molecule has 2 heterocycles. The van der Waals surface area contributed by atoms with Gasteiger partial charge in [0.25, 0.3) is 0 Å². The van der Waals surface area contributed by atoms with Gasteiger partial charge in [-0.15, -0.1) is 12.4 Å². The van der Waals surface area contributed by atoms with Crippen LogP contribution in [0.5, 0.6) is 0 Å². The number of piperidine rings is 1. The van der Waals surface area contributed by atoms with Gasteiger partial charge < -0.3 is 10.2 Å². The number of nitrogens with one attached hydrogen (secondary N) is 1. The molecule has 1 saturated heterocycles. The molecule has 1 aromatic carbocycles. The Labute approximate surface area is 127 Å². The van der Waals surface area contributed by atoms with E-state index in [1.807, 2.05) is 6.07 Å². The van der Waals surface area contributed by atoms with Crippen molar-refractivity contribution in [2.45, 2.75) is 38.5 Å². The van der Waals surface area contributed by atoms with Crippen LogP contribution in [0.25, 0.3) is 0 Å². The van der Waals surface area contributed by atoms with Gasteiger partial charge in [-0.25, -0.2) is 0 Å². The quantitative estimate of drug-likeness (QED) is 0.928. The third-order valence-electron chi connectivity index (χ3n) is 4.39. The lowest BCUT2D eigenvalue weighted by atomic mass is 9.85. The predicted octanol–water partition coefficient (Wildman–Crippen LogP) is 3.19. The highest BCUT2D eigenvalue weighted by Crippen LogP contribution is 2.35. The summed E-state index contributed by atoms with van der Waals surface area (Å²) in [6.07, 6.45) is 4.26. The van der Waals surface area contributed by atoms with Crippen LogP contribution in [-0.2, 0) is 11.2 Å². The van der Waals surface area contributed by atoms with E-state index < -0.39 is 0 Å². The predicted molar refractivity (Wildman–Crippen MR) is 84.7 cm³/mol. The second kappa shape index (κ2) is 6.59. The minimum Gasteiger partial charge on any atom is -0.326 e. The first-order valence-electron chi connectivity index (χ1n) is 7.42. The number of anilines is 1. The molecular formula is C16H23ClN2O. The standard InChI is InChI=1S/C16H22N2O.ClH/c1-2-8-18-9-6-12(7-10-18)13-4-3-5-15-14(13)11-16(19)17-15;/h3-5,12H,2,6-11H2,1H3,(H,17,19);1H. The van der Waals surface area contributed by atoms with E-state index in [2.05, 4.69) is 29.3 Å². The van der Waals surface area contributed by atoms with E-state index in [9.17, 15) is 4.79 Å². The number of hydrogen-bond acceptors (Lipinski definition) is 2. The molecule has 1 aromatic rings. The average molecular weight is 295 g/mol. The van der Waals surface area contributed by atoms with E-state index in [4.69, 9.17) is 0 Å². The van der Waals surface area contributed by atoms with Crippen LogP contribution in [0.2, 0.25) is 0 Å². The molecule has 0 unspecified atom stereocenters. The van der Waals surface area contributed by atoms with Crippen molar-refractivity contribution in [2.24, 2.45) is 0 Å². The van der Waals surface area contributed by atoms with Crippen molar-refractivity contribution in [1.29, 1.82) is 0 Å². The van der Waals surface area contributed by atoms with Gasteiger partial charge in [-0.1, -0.05) is 19.1 Å². The highest BCUT2D eigenvalue weighted by atomic mass is 35.5. The molecular weight excluding hydrogens is 272 g/mol. The maximum atomic E-state index is 11.6. The fourth-order valence-electron chi connectivity index (χ4n) is 3.44. The summed E-state index contributed by atoms with van der Waals surface area (Å²) in [5, 5.41) is 2.96. The van der Waals surface area contributed by atoms with Gasteiger partial charge in [0, 0.05) is 5.69 Å². The summed E-state index contributed by atoms with van der Waals surface area (Å²) in [5.74, 6) is 0.779. The van der Waals surface area contributed by atoms with Crippen molar-refractivity contribution in [3.63, 3.8) is 0 Å². The van der Waals surface area contributed by atoms with Crippen molar-refractivity contribution in [2.75, 3.05) is 25.0 Å². The van der Waals surface area contributed by atoms with Gasteiger partial charge in [-0.3, -0.25) is 4.79 Å². The minimum absolute atomic E-state index is 0. The number of nitrogens with zero attached hydrogens (tertiary/aromatic N) is 1. The van der Waals surface area contributed by atoms with E-state index >= 15 is 0 Å². The van der Waals surface area contributed by atoms with Crippen LogP contribution in [0.3, 0.4) is 0 Å². The fourth-order valence-corrected chi connectivity index (χ4v) is 3.44. The number of rotatable bonds is 3. The number of benzene rings is 1. The van der Waals surface area contributed by atoms with E-state index in [0.717, 1.165) is 5.69 Å². The Balaban J connectivity index is 0.00000147. The summed E-state index contributed by atoms with van der Waals surface area (Å²) in [6.45, 7) is 5.86. The first kappa shape index (κ1) is 15.3. The van der Waals surface area contributed by atoms with Gasteiger partial charge in [0.2, 0.25) is 5.91 Å². The van der Waals surface area contributed by atoms with Crippen LogP contribution < -0.4 is 5.32 Å². The van der Waals surface area contributed by atoms with Crippen LogP contribution in [0, 0.1) is 0 Å². The van der Waals surface area contributed by atoms with Crippen LogP contribution in [0.15, 0.2) is 18.2 Å². The van der Waals surface area contributed by atoms with Crippen molar-refractivity contribution >= 4 is 24.0 Å². The summed E-state index contributed by atoms with van der Waals surface area (Å²) in [7, 11) is 0. The maximum Gasteiger partial charge on any atom is 0.228 e. The molecule has 0 aliphatic carbocycles. The molecule has 0 spiro atoms. The molecule has 0 atom stereocenters. The van der Waals surface area contributed by atoms with E-state index in [0.29, 0.717) is 12.3 Å². The van der Waals surface area contributed by atoms with Crippen molar-refractivity contribution in [1.82, 2.24) is 4.90 Å². The number of likely N-dealkylation sites (tertiary alicyclic amines) is 1. The molecule has 3 nitrogen and oxygen atoms in total. The number of hydrogen-bond donors (Lipinski definition) is 1. The van der Waals surface area contributed by atoms with Crippen LogP contribution in [0.1, 0.15) is 43.2 Å². The molecule has 3 rings (SSSR count). The van der Waals surface area contributed by atoms with Crippen molar-refractivity contribution < 1.29 is 4.79 Å². The topological polar surface area (TPSA) is 32.3 Å². The fraction of sp³-hybridized carbons (Fsp3) is 0.562. The largest absolute Gasteiger partial charge is 0.326 e. The van der Waals surface area contributed by atoms with Gasteiger partial charge in [-0.05, 0) is 62.0 Å². The van der Waals surface area contributed by atoms with Gasteiger partial charge in [0.05, 0.1) is 6.42 Å². The maximum absolute atomic E-state index is 11.6. The van der Waals surface area contributed by atoms with Crippen molar-refractivity contribution in [3.05, 3.63) is 29.3 Å². The summed E-state index contributed by atoms with van der Waals surface area (Å²) in [5.41, 5.74) is 3.70. The van der Waals surface area contributed by atoms with E-state index in [-0.39, 0.29) is 18.3 Å². The number of amides is 1. The highest BCUT2D eigenvalue weighted by molar-refractivity contribution is 5.99. The molecule has 20 heavy (non-hydrogen) atoms. The summed E-state index contributed by atoms with van der Waals surface area (Å²) >= 11 is 0. The van der Waals surface area contributed by atoms with Gasteiger partial charge in [-0.2, -0.15) is 0 Å². The first-order valence-corrected chi connectivity index (χ1v) is 7.42. The molecule has 0 bridgehead atoms. The summed E-state index contributed by atoms with van der Waals surface area (Å²) < 4.78 is 0. The molecule has 1 N–H and O–H groups in total. The van der Waals surface area contributed by atoms with Gasteiger partial charge in [0.1, 0.15) is 0 Å². The third-order valence-corrected chi connectivity index (χ3v) is 4.39. The summed E-state index contributed by atoms with van der Waals surface area (Å²) in [6, 6.07) is 6.33. The zero-order chi connectivity index (χ0) is 13.2. The Morgan fingerprint density at radius 1 is 1.30 bits per heavy atom. The Bertz CT molecular complexity index is 481. The molecule has 0 saturated carbocycles. The lowest BCUT2D eigenvalue weighted by molar-refractivity contribution is -0.115. The molecule has 1 amide bonds. The Morgan fingerprint density at radius 2 is 2.05 bits per heavy atom. The molecule has 110 valence electrons. The monoisotopic (exact) mass is 294 g/mol. The van der Waals surface area contributed by atoms with E-state index in [1.165, 1.54) is 50.0 Å². The van der Waals surface area contributed by atoms with Crippen LogP contribution in [0.4, 0.5) is 5.69 Å². The van der Waals surface area contributed by atoms with Gasteiger partial charge >= 0.3 is 0 Å². The Hall–Kier alpha value is -1.06. The normalized spacial score (nSPS) is 19.4. The molecule has 4 heteroatoms. The Kier molecular flexibility index (Phi) is 5.06. The van der Waals surface area contributed by atoms with E-state index in [1.54, 1.807) is 0 Å². The van der Waals surface area contributed by atoms with Crippen LogP contribution >= 0.6 is 12.4 Å². The zero-order valence-corrected chi connectivity index (χ0v) is 12.8. The van der Waals surface area contributed by atoms with Crippen LogP contribution in [-0.4, -0.2) is 30.4 Å². The number of carbonyl (C=O) groups is 1. The highest BCUT2D eigenvalue weighted by Gasteiger charge is 2.26. The molecule has 0 radical (unpaired) electrons. The second-order valence-corrected chi connectivity index (χ2v) is 5.71. The molecule has 2 aliphatic rings. The number of fused-ring (bicyclic) bond motifs is 1. The Morgan fingerprint density at radius 3 is 2.75 bits per heavy atom. The van der Waals surface area contributed by atoms with Crippen molar-refractivity contribution in [3.8, 4) is 0 Å². The first-order chi connectivity index (χ1) is 9.28. The minimum atomic E-state index is 0. The lowest BCUT2D eigenvalue weighted by Crippen LogP contribution is -2.33. The number of halogens is 1. The number of carbonyl (C=O) groups excluding carboxylic acids is 1. The second-order valence-electron chi connectivity index (χ2n) is 5.71. The van der Waals surface area contributed by atoms with Gasteiger partial charge in [0.15, 0.2) is 0 Å². The third kappa shape index (κ3) is 2.99. The molecule has 1 fully saturated rings. The average Bonchev–Trinajstić information content (AvgIpc) is 2.80. The zero-order valence-electron chi connectivity index (χ0n) is 12.0. The molecule has 0 aromatic heterocycles. The lowest BCUT2D eigenvalue weighted by Gasteiger charge is -2.32. The SMILES string of the molecule is CCCN1CCC(c2cccc3c2CC(=O)N3)CC1.Cl. The summed E-state index contributed by atoms with van der Waals surface area (Å²) in [4.78, 5) is 14.1. The smallest absolute Gasteiger partial charge is 0.228 e. The molecule has 2 aliphatic heterocycles.